The van der Waals surface area contributed by atoms with Gasteiger partial charge in [-0.15, -0.1) is 0 Å². The van der Waals surface area contributed by atoms with Crippen LogP contribution >= 0.6 is 0 Å². The van der Waals surface area contributed by atoms with Gasteiger partial charge in [0.2, 0.25) is 5.91 Å². The molecule has 1 saturated carbocycles. The van der Waals surface area contributed by atoms with Crippen LogP contribution in [0.4, 0.5) is 0 Å². The van der Waals surface area contributed by atoms with Crippen LogP contribution in [0.3, 0.4) is 0 Å². The first-order chi connectivity index (χ1) is 10.1. The molecule has 2 aliphatic rings. The minimum absolute atomic E-state index is 0.000665. The van der Waals surface area contributed by atoms with E-state index in [9.17, 15) is 9.59 Å². The number of ether oxygens (including phenoxy) is 1. The quantitative estimate of drug-likeness (QED) is 0.919. The van der Waals surface area contributed by atoms with Gasteiger partial charge in [-0.3, -0.25) is 4.79 Å². The number of benzene rings is 1. The maximum atomic E-state index is 12.5. The Morgan fingerprint density at radius 3 is 2.62 bits per heavy atom. The molecule has 0 spiro atoms. The Hall–Kier alpha value is -2.04. The number of methoxy groups -OCH3 is 1. The van der Waals surface area contributed by atoms with Gasteiger partial charge in [0, 0.05) is 12.5 Å². The van der Waals surface area contributed by atoms with Crippen LogP contribution in [-0.2, 0) is 9.59 Å². The number of carboxylic acid groups (broad SMARTS) is 1. The summed E-state index contributed by atoms with van der Waals surface area (Å²) in [4.78, 5) is 25.2. The van der Waals surface area contributed by atoms with Crippen LogP contribution in [0.25, 0.3) is 0 Å². The zero-order valence-electron chi connectivity index (χ0n) is 12.0. The molecule has 112 valence electrons. The van der Waals surface area contributed by atoms with Crippen LogP contribution in [0.15, 0.2) is 24.3 Å². The van der Waals surface area contributed by atoms with Crippen molar-refractivity contribution in [2.24, 2.45) is 5.92 Å². The standard InChI is InChI=1S/C16H19NO4/c1-21-11-6-4-10(5-7-11)12-9-13(12)15(18)17-8-2-3-14(17)16(19)20/h4-7,12-14H,2-3,8-9H2,1H3,(H,19,20). The molecule has 1 saturated heterocycles. The van der Waals surface area contributed by atoms with E-state index < -0.39 is 12.0 Å². The van der Waals surface area contributed by atoms with Crippen LogP contribution in [0.5, 0.6) is 5.75 Å². The topological polar surface area (TPSA) is 66.8 Å². The maximum Gasteiger partial charge on any atom is 0.326 e. The van der Waals surface area contributed by atoms with E-state index in [4.69, 9.17) is 9.84 Å². The summed E-state index contributed by atoms with van der Waals surface area (Å²) < 4.78 is 5.12. The summed E-state index contributed by atoms with van der Waals surface area (Å²) in [6.07, 6.45) is 2.16. The highest BCUT2D eigenvalue weighted by atomic mass is 16.5. The maximum absolute atomic E-state index is 12.5. The van der Waals surface area contributed by atoms with Crippen molar-refractivity contribution in [3.8, 4) is 5.75 Å². The molecule has 0 radical (unpaired) electrons. The summed E-state index contributed by atoms with van der Waals surface area (Å²) in [6, 6.07) is 7.12. The van der Waals surface area contributed by atoms with Crippen molar-refractivity contribution in [2.45, 2.75) is 31.2 Å². The van der Waals surface area contributed by atoms with Gasteiger partial charge in [0.05, 0.1) is 7.11 Å². The van der Waals surface area contributed by atoms with Gasteiger partial charge in [-0.25, -0.2) is 4.79 Å². The number of carboxylic acids is 1. The van der Waals surface area contributed by atoms with Crippen molar-refractivity contribution >= 4 is 11.9 Å². The molecule has 1 N–H and O–H groups in total. The Labute approximate surface area is 123 Å². The molecule has 0 aromatic heterocycles. The van der Waals surface area contributed by atoms with Gasteiger partial charge in [-0.2, -0.15) is 0 Å². The first-order valence-corrected chi connectivity index (χ1v) is 7.29. The van der Waals surface area contributed by atoms with E-state index in [0.29, 0.717) is 13.0 Å². The second-order valence-corrected chi connectivity index (χ2v) is 5.75. The predicted octanol–water partition coefficient (Wildman–Crippen LogP) is 1.87. The zero-order valence-corrected chi connectivity index (χ0v) is 12.0. The fourth-order valence-corrected chi connectivity index (χ4v) is 3.19. The number of rotatable bonds is 4. The van der Waals surface area contributed by atoms with Crippen LogP contribution < -0.4 is 4.74 Å². The second kappa shape index (κ2) is 5.39. The number of aliphatic carboxylic acids is 1. The van der Waals surface area contributed by atoms with Crippen LogP contribution in [-0.4, -0.2) is 41.6 Å². The molecule has 1 aliphatic carbocycles. The average Bonchev–Trinajstić information content (AvgIpc) is 3.13. The minimum atomic E-state index is -0.887. The lowest BCUT2D eigenvalue weighted by atomic mass is 10.1. The van der Waals surface area contributed by atoms with Gasteiger partial charge in [0.1, 0.15) is 11.8 Å². The number of hydrogen-bond donors (Lipinski definition) is 1. The fraction of sp³-hybridized carbons (Fsp3) is 0.500. The van der Waals surface area contributed by atoms with E-state index in [0.717, 1.165) is 24.2 Å². The number of hydrogen-bond acceptors (Lipinski definition) is 3. The third-order valence-corrected chi connectivity index (χ3v) is 4.47. The molecule has 5 heteroatoms. The van der Waals surface area contributed by atoms with Crippen molar-refractivity contribution < 1.29 is 19.4 Å². The number of likely N-dealkylation sites (tertiary alicyclic amines) is 1. The van der Waals surface area contributed by atoms with Crippen molar-refractivity contribution in [3.63, 3.8) is 0 Å². The third kappa shape index (κ3) is 2.60. The van der Waals surface area contributed by atoms with Crippen molar-refractivity contribution in [2.75, 3.05) is 13.7 Å². The van der Waals surface area contributed by atoms with E-state index in [1.165, 1.54) is 0 Å². The Bertz CT molecular complexity index is 554. The van der Waals surface area contributed by atoms with Gasteiger partial charge in [-0.1, -0.05) is 12.1 Å². The molecular formula is C16H19NO4. The Morgan fingerprint density at radius 2 is 2.00 bits per heavy atom. The molecule has 3 atom stereocenters. The van der Waals surface area contributed by atoms with Crippen molar-refractivity contribution in [3.05, 3.63) is 29.8 Å². The number of nitrogens with zero attached hydrogens (tertiary/aromatic N) is 1. The average molecular weight is 289 g/mol. The van der Waals surface area contributed by atoms with E-state index in [1.807, 2.05) is 24.3 Å². The number of amides is 1. The highest BCUT2D eigenvalue weighted by Gasteiger charge is 2.48. The zero-order chi connectivity index (χ0) is 15.0. The molecule has 1 amide bonds. The molecule has 3 rings (SSSR count). The van der Waals surface area contributed by atoms with Gasteiger partial charge < -0.3 is 14.7 Å². The lowest BCUT2D eigenvalue weighted by molar-refractivity contribution is -0.148. The molecule has 3 unspecified atom stereocenters. The Kier molecular flexibility index (Phi) is 3.57. The molecule has 1 aromatic rings. The molecule has 1 aromatic carbocycles. The van der Waals surface area contributed by atoms with E-state index >= 15 is 0 Å². The van der Waals surface area contributed by atoms with Crippen LogP contribution in [0.1, 0.15) is 30.7 Å². The lowest BCUT2D eigenvalue weighted by Gasteiger charge is -2.21. The Morgan fingerprint density at radius 1 is 1.29 bits per heavy atom. The summed E-state index contributed by atoms with van der Waals surface area (Å²) in [7, 11) is 1.62. The first kappa shape index (κ1) is 13.9. The van der Waals surface area contributed by atoms with Gasteiger partial charge in [0.25, 0.3) is 0 Å². The van der Waals surface area contributed by atoms with Crippen molar-refractivity contribution in [1.82, 2.24) is 4.90 Å². The van der Waals surface area contributed by atoms with E-state index in [2.05, 4.69) is 0 Å². The van der Waals surface area contributed by atoms with Gasteiger partial charge in [0.15, 0.2) is 0 Å². The van der Waals surface area contributed by atoms with E-state index in [1.54, 1.807) is 12.0 Å². The fourth-order valence-electron chi connectivity index (χ4n) is 3.19. The van der Waals surface area contributed by atoms with E-state index in [-0.39, 0.29) is 17.7 Å². The monoisotopic (exact) mass is 289 g/mol. The molecule has 0 bridgehead atoms. The summed E-state index contributed by atoms with van der Waals surface area (Å²) in [6.45, 7) is 0.571. The normalized spacial score (nSPS) is 27.5. The molecule has 2 fully saturated rings. The number of carbonyl (C=O) groups is 2. The van der Waals surface area contributed by atoms with Crippen molar-refractivity contribution in [1.29, 1.82) is 0 Å². The summed E-state index contributed by atoms with van der Waals surface area (Å²) in [5.41, 5.74) is 1.13. The molecule has 21 heavy (non-hydrogen) atoms. The van der Waals surface area contributed by atoms with Gasteiger partial charge in [-0.05, 0) is 42.9 Å². The molecular weight excluding hydrogens is 270 g/mol. The molecule has 1 aliphatic heterocycles. The Balaban J connectivity index is 1.66. The largest absolute Gasteiger partial charge is 0.497 e. The third-order valence-electron chi connectivity index (χ3n) is 4.47. The second-order valence-electron chi connectivity index (χ2n) is 5.75. The lowest BCUT2D eigenvalue weighted by Crippen LogP contribution is -2.41. The molecule has 5 nitrogen and oxygen atoms in total. The van der Waals surface area contributed by atoms with Gasteiger partial charge >= 0.3 is 5.97 Å². The first-order valence-electron chi connectivity index (χ1n) is 7.29. The van der Waals surface area contributed by atoms with Crippen LogP contribution in [0, 0.1) is 5.92 Å². The smallest absolute Gasteiger partial charge is 0.326 e. The summed E-state index contributed by atoms with van der Waals surface area (Å²) >= 11 is 0. The summed E-state index contributed by atoms with van der Waals surface area (Å²) in [5.74, 6) is 0.0766. The highest BCUT2D eigenvalue weighted by molar-refractivity contribution is 5.88. The highest BCUT2D eigenvalue weighted by Crippen LogP contribution is 2.49. The minimum Gasteiger partial charge on any atom is -0.497 e. The summed E-state index contributed by atoms with van der Waals surface area (Å²) in [5, 5.41) is 9.17. The number of carbonyl (C=O) groups excluding carboxylic acids is 1. The SMILES string of the molecule is COc1ccc(C2CC2C(=O)N2CCCC2C(=O)O)cc1. The molecule has 1 heterocycles. The van der Waals surface area contributed by atoms with Crippen LogP contribution in [0.2, 0.25) is 0 Å². The predicted molar refractivity (Wildman–Crippen MR) is 76.2 cm³/mol.